The van der Waals surface area contributed by atoms with Crippen LogP contribution in [0.15, 0.2) is 18.2 Å². The molecule has 1 N–H and O–H groups in total. The van der Waals surface area contributed by atoms with Gasteiger partial charge in [0.1, 0.15) is 5.75 Å². The number of anilines is 1. The minimum absolute atomic E-state index is 0.233. The molecule has 0 aromatic heterocycles. The lowest BCUT2D eigenvalue weighted by atomic mass is 9.92. The van der Waals surface area contributed by atoms with Crippen LogP contribution in [-0.2, 0) is 0 Å². The van der Waals surface area contributed by atoms with E-state index < -0.39 is 0 Å². The van der Waals surface area contributed by atoms with Gasteiger partial charge in [-0.15, -0.1) is 0 Å². The standard InChI is InChI=1S/C17H26N2O/c1-12(2)20-16-8-4-7-15-17(16)13(11-18-15)10-14-6-5-9-19(14)3/h4,7-8,12-14,18H,5-6,9-11H2,1-3H3/t13-,14+/m0/s1. The van der Waals surface area contributed by atoms with Gasteiger partial charge >= 0.3 is 0 Å². The summed E-state index contributed by atoms with van der Waals surface area (Å²) < 4.78 is 6.03. The van der Waals surface area contributed by atoms with Crippen LogP contribution in [0.5, 0.6) is 5.75 Å². The summed E-state index contributed by atoms with van der Waals surface area (Å²) in [6.45, 7) is 6.50. The summed E-state index contributed by atoms with van der Waals surface area (Å²) in [7, 11) is 2.26. The molecule has 3 nitrogen and oxygen atoms in total. The lowest BCUT2D eigenvalue weighted by Crippen LogP contribution is -2.27. The maximum atomic E-state index is 6.03. The van der Waals surface area contributed by atoms with Gasteiger partial charge in [-0.05, 0) is 58.8 Å². The molecule has 0 saturated carbocycles. The van der Waals surface area contributed by atoms with Gasteiger partial charge in [0, 0.05) is 29.8 Å². The van der Waals surface area contributed by atoms with Gasteiger partial charge in [0.15, 0.2) is 0 Å². The van der Waals surface area contributed by atoms with Crippen molar-refractivity contribution in [2.24, 2.45) is 0 Å². The Kier molecular flexibility index (Phi) is 3.88. The van der Waals surface area contributed by atoms with E-state index in [9.17, 15) is 0 Å². The zero-order chi connectivity index (χ0) is 14.1. The molecule has 0 unspecified atom stereocenters. The van der Waals surface area contributed by atoms with E-state index >= 15 is 0 Å². The van der Waals surface area contributed by atoms with E-state index in [0.29, 0.717) is 5.92 Å². The molecule has 2 aliphatic rings. The van der Waals surface area contributed by atoms with Gasteiger partial charge in [-0.1, -0.05) is 6.07 Å². The predicted octanol–water partition coefficient (Wildman–Crippen LogP) is 3.47. The first kappa shape index (κ1) is 13.7. The van der Waals surface area contributed by atoms with Gasteiger partial charge < -0.3 is 15.0 Å². The van der Waals surface area contributed by atoms with Crippen LogP contribution in [0.25, 0.3) is 0 Å². The number of rotatable bonds is 4. The van der Waals surface area contributed by atoms with Gasteiger partial charge in [0.05, 0.1) is 6.10 Å². The first-order chi connectivity index (χ1) is 9.65. The normalized spacial score (nSPS) is 25.8. The Hall–Kier alpha value is -1.22. The van der Waals surface area contributed by atoms with E-state index in [2.05, 4.69) is 49.3 Å². The molecule has 3 rings (SSSR count). The van der Waals surface area contributed by atoms with Crippen molar-refractivity contribution in [3.8, 4) is 5.75 Å². The molecule has 3 heteroatoms. The minimum Gasteiger partial charge on any atom is -0.491 e. The van der Waals surface area contributed by atoms with Crippen molar-refractivity contribution in [1.29, 1.82) is 0 Å². The number of ether oxygens (including phenoxy) is 1. The number of benzene rings is 1. The van der Waals surface area contributed by atoms with Crippen molar-refractivity contribution in [2.45, 2.75) is 51.2 Å². The molecule has 1 aromatic rings. The van der Waals surface area contributed by atoms with E-state index in [-0.39, 0.29) is 6.10 Å². The highest BCUT2D eigenvalue weighted by atomic mass is 16.5. The van der Waals surface area contributed by atoms with E-state index in [1.54, 1.807) is 0 Å². The number of fused-ring (bicyclic) bond motifs is 1. The number of likely N-dealkylation sites (tertiary alicyclic amines) is 1. The first-order valence-electron chi connectivity index (χ1n) is 7.89. The van der Waals surface area contributed by atoms with Crippen LogP contribution in [-0.4, -0.2) is 37.2 Å². The molecular weight excluding hydrogens is 248 g/mol. The molecule has 20 heavy (non-hydrogen) atoms. The molecule has 0 amide bonds. The minimum atomic E-state index is 0.233. The predicted molar refractivity (Wildman–Crippen MR) is 83.7 cm³/mol. The fourth-order valence-electron chi connectivity index (χ4n) is 3.62. The lowest BCUT2D eigenvalue weighted by Gasteiger charge is -2.24. The first-order valence-corrected chi connectivity index (χ1v) is 7.89. The molecule has 0 bridgehead atoms. The second-order valence-electron chi connectivity index (χ2n) is 6.47. The second kappa shape index (κ2) is 5.65. The zero-order valence-corrected chi connectivity index (χ0v) is 12.9. The summed E-state index contributed by atoms with van der Waals surface area (Å²) in [5, 5.41) is 3.55. The summed E-state index contributed by atoms with van der Waals surface area (Å²) in [4.78, 5) is 2.52. The molecule has 0 aliphatic carbocycles. The highest BCUT2D eigenvalue weighted by molar-refractivity contribution is 5.63. The van der Waals surface area contributed by atoms with Crippen molar-refractivity contribution in [2.75, 3.05) is 25.5 Å². The molecule has 2 heterocycles. The largest absolute Gasteiger partial charge is 0.491 e. The van der Waals surface area contributed by atoms with Gasteiger partial charge in [-0.25, -0.2) is 0 Å². The van der Waals surface area contributed by atoms with Gasteiger partial charge in [-0.2, -0.15) is 0 Å². The van der Waals surface area contributed by atoms with Crippen molar-refractivity contribution < 1.29 is 4.74 Å². The Morgan fingerprint density at radius 2 is 2.25 bits per heavy atom. The summed E-state index contributed by atoms with van der Waals surface area (Å²) in [5.41, 5.74) is 2.68. The average Bonchev–Trinajstić information content (AvgIpc) is 2.98. The van der Waals surface area contributed by atoms with Crippen LogP contribution < -0.4 is 10.1 Å². The van der Waals surface area contributed by atoms with E-state index in [4.69, 9.17) is 4.74 Å². The van der Waals surface area contributed by atoms with E-state index in [0.717, 1.165) is 18.3 Å². The highest BCUT2D eigenvalue weighted by Crippen LogP contribution is 2.42. The number of nitrogens with zero attached hydrogens (tertiary/aromatic N) is 1. The summed E-state index contributed by atoms with van der Waals surface area (Å²) in [6, 6.07) is 7.13. The van der Waals surface area contributed by atoms with Crippen LogP contribution in [0, 0.1) is 0 Å². The molecule has 110 valence electrons. The zero-order valence-electron chi connectivity index (χ0n) is 12.9. The number of hydrogen-bond acceptors (Lipinski definition) is 3. The summed E-state index contributed by atoms with van der Waals surface area (Å²) >= 11 is 0. The van der Waals surface area contributed by atoms with E-state index in [1.165, 1.54) is 37.1 Å². The molecule has 2 atom stereocenters. The number of nitrogens with one attached hydrogen (secondary N) is 1. The lowest BCUT2D eigenvalue weighted by molar-refractivity contribution is 0.236. The topological polar surface area (TPSA) is 24.5 Å². The molecule has 0 spiro atoms. The molecular formula is C17H26N2O. The molecule has 1 saturated heterocycles. The van der Waals surface area contributed by atoms with Crippen molar-refractivity contribution in [1.82, 2.24) is 4.90 Å². The SMILES string of the molecule is CC(C)Oc1cccc2c1[C@@H](C[C@H]1CCCN1C)CN2. The highest BCUT2D eigenvalue weighted by Gasteiger charge is 2.31. The van der Waals surface area contributed by atoms with Crippen molar-refractivity contribution in [3.05, 3.63) is 23.8 Å². The van der Waals surface area contributed by atoms with Gasteiger partial charge in [0.2, 0.25) is 0 Å². The Labute approximate surface area is 122 Å². The van der Waals surface area contributed by atoms with Gasteiger partial charge in [-0.3, -0.25) is 0 Å². The van der Waals surface area contributed by atoms with Crippen LogP contribution >= 0.6 is 0 Å². The Bertz CT molecular complexity index is 472. The number of hydrogen-bond donors (Lipinski definition) is 1. The van der Waals surface area contributed by atoms with Gasteiger partial charge in [0.25, 0.3) is 0 Å². The monoisotopic (exact) mass is 274 g/mol. The Morgan fingerprint density at radius 1 is 1.40 bits per heavy atom. The van der Waals surface area contributed by atoms with Crippen molar-refractivity contribution >= 4 is 5.69 Å². The van der Waals surface area contributed by atoms with Crippen LogP contribution in [0.4, 0.5) is 5.69 Å². The molecule has 1 fully saturated rings. The third kappa shape index (κ3) is 2.64. The smallest absolute Gasteiger partial charge is 0.125 e. The van der Waals surface area contributed by atoms with Crippen LogP contribution in [0.1, 0.15) is 44.6 Å². The fourth-order valence-corrected chi connectivity index (χ4v) is 3.62. The average molecular weight is 274 g/mol. The van der Waals surface area contributed by atoms with E-state index in [1.807, 2.05) is 0 Å². The van der Waals surface area contributed by atoms with Crippen LogP contribution in [0.2, 0.25) is 0 Å². The third-order valence-corrected chi connectivity index (χ3v) is 4.60. The maximum absolute atomic E-state index is 6.03. The summed E-state index contributed by atoms with van der Waals surface area (Å²) in [6.07, 6.45) is 4.17. The van der Waals surface area contributed by atoms with Crippen molar-refractivity contribution in [3.63, 3.8) is 0 Å². The quantitative estimate of drug-likeness (QED) is 0.910. The third-order valence-electron chi connectivity index (χ3n) is 4.60. The molecule has 2 aliphatic heterocycles. The maximum Gasteiger partial charge on any atom is 0.125 e. The summed E-state index contributed by atoms with van der Waals surface area (Å²) in [5.74, 6) is 1.67. The Balaban J connectivity index is 1.80. The second-order valence-corrected chi connectivity index (χ2v) is 6.47. The Morgan fingerprint density at radius 3 is 2.95 bits per heavy atom. The molecule has 1 aromatic carbocycles. The molecule has 0 radical (unpaired) electrons. The van der Waals surface area contributed by atoms with Crippen LogP contribution in [0.3, 0.4) is 0 Å². The fraction of sp³-hybridized carbons (Fsp3) is 0.647.